The van der Waals surface area contributed by atoms with Crippen LogP contribution >= 0.6 is 11.6 Å². The van der Waals surface area contributed by atoms with Crippen LogP contribution < -0.4 is 11.1 Å². The number of aryl methyl sites for hydroxylation is 1. The predicted molar refractivity (Wildman–Crippen MR) is 74.3 cm³/mol. The molecule has 0 aromatic heterocycles. The molecule has 0 aliphatic carbocycles. The number of halogens is 3. The fourth-order valence-electron chi connectivity index (χ4n) is 1.70. The summed E-state index contributed by atoms with van der Waals surface area (Å²) in [6, 6.07) is 7.38. The Bertz CT molecular complexity index is 615. The van der Waals surface area contributed by atoms with E-state index in [1.54, 1.807) is 19.1 Å². The van der Waals surface area contributed by atoms with Crippen LogP contribution in [0.15, 0.2) is 30.3 Å². The molecule has 0 atom stereocenters. The van der Waals surface area contributed by atoms with Gasteiger partial charge in [-0.05, 0) is 42.3 Å². The van der Waals surface area contributed by atoms with Crippen LogP contribution in [0.1, 0.15) is 11.1 Å². The van der Waals surface area contributed by atoms with Crippen molar-refractivity contribution in [2.75, 3.05) is 11.1 Å². The van der Waals surface area contributed by atoms with Crippen LogP contribution in [0, 0.1) is 18.6 Å². The summed E-state index contributed by atoms with van der Waals surface area (Å²) in [6.07, 6.45) is 0. The summed E-state index contributed by atoms with van der Waals surface area (Å²) in [6.45, 7) is 2.09. The first-order valence-electron chi connectivity index (χ1n) is 5.71. The first-order valence-corrected chi connectivity index (χ1v) is 6.08. The highest BCUT2D eigenvalue weighted by molar-refractivity contribution is 6.30. The summed E-state index contributed by atoms with van der Waals surface area (Å²) >= 11 is 5.70. The predicted octanol–water partition coefficient (Wildman–Crippen LogP) is 4.12. The lowest BCUT2D eigenvalue weighted by Gasteiger charge is -2.11. The van der Waals surface area contributed by atoms with Gasteiger partial charge in [0.2, 0.25) is 0 Å². The SMILES string of the molecule is Cc1cc(NCc2ccc(F)c(Cl)c2)c(N)cc1F. The van der Waals surface area contributed by atoms with Gasteiger partial charge in [-0.2, -0.15) is 0 Å². The summed E-state index contributed by atoms with van der Waals surface area (Å²) in [7, 11) is 0. The van der Waals surface area contributed by atoms with Crippen LogP contribution in [0.25, 0.3) is 0 Å². The van der Waals surface area contributed by atoms with E-state index in [2.05, 4.69) is 5.32 Å². The lowest BCUT2D eigenvalue weighted by molar-refractivity contribution is 0.619. The van der Waals surface area contributed by atoms with Crippen LogP contribution in [0.3, 0.4) is 0 Å². The number of nitrogens with two attached hydrogens (primary N) is 1. The second-order valence-electron chi connectivity index (χ2n) is 4.29. The molecule has 0 aliphatic rings. The number of benzene rings is 2. The fourth-order valence-corrected chi connectivity index (χ4v) is 1.90. The Labute approximate surface area is 115 Å². The number of anilines is 2. The molecular weight excluding hydrogens is 270 g/mol. The van der Waals surface area contributed by atoms with Crippen LogP contribution in [0.5, 0.6) is 0 Å². The second-order valence-corrected chi connectivity index (χ2v) is 4.70. The van der Waals surface area contributed by atoms with Gasteiger partial charge in [-0.3, -0.25) is 0 Å². The molecule has 2 aromatic rings. The van der Waals surface area contributed by atoms with E-state index in [4.69, 9.17) is 17.3 Å². The number of hydrogen-bond acceptors (Lipinski definition) is 2. The first-order chi connectivity index (χ1) is 8.97. The lowest BCUT2D eigenvalue weighted by Crippen LogP contribution is -2.04. The van der Waals surface area contributed by atoms with E-state index in [0.29, 0.717) is 23.5 Å². The minimum atomic E-state index is -0.456. The first kappa shape index (κ1) is 13.6. The van der Waals surface area contributed by atoms with E-state index in [1.165, 1.54) is 18.2 Å². The van der Waals surface area contributed by atoms with Crippen molar-refractivity contribution in [2.45, 2.75) is 13.5 Å². The van der Waals surface area contributed by atoms with E-state index in [1.807, 2.05) is 0 Å². The van der Waals surface area contributed by atoms with Crippen molar-refractivity contribution in [3.05, 3.63) is 58.1 Å². The molecular formula is C14H13ClF2N2. The third-order valence-corrected chi connectivity index (χ3v) is 3.09. The number of hydrogen-bond donors (Lipinski definition) is 2. The average Bonchev–Trinajstić information content (AvgIpc) is 2.36. The number of nitrogen functional groups attached to an aromatic ring is 1. The Hall–Kier alpha value is -1.81. The quantitative estimate of drug-likeness (QED) is 0.831. The molecule has 0 aliphatic heterocycles. The Morgan fingerprint density at radius 3 is 2.58 bits per heavy atom. The summed E-state index contributed by atoms with van der Waals surface area (Å²) in [4.78, 5) is 0. The Kier molecular flexibility index (Phi) is 3.90. The molecule has 0 heterocycles. The topological polar surface area (TPSA) is 38.0 Å². The van der Waals surface area contributed by atoms with Crippen LogP contribution in [0.4, 0.5) is 20.2 Å². The summed E-state index contributed by atoms with van der Waals surface area (Å²) in [5, 5.41) is 3.14. The Morgan fingerprint density at radius 1 is 1.16 bits per heavy atom. The van der Waals surface area contributed by atoms with Crippen molar-refractivity contribution in [2.24, 2.45) is 0 Å². The van der Waals surface area contributed by atoms with E-state index < -0.39 is 5.82 Å². The standard InChI is InChI=1S/C14H13ClF2N2/c1-8-4-14(13(18)6-12(8)17)19-7-9-2-3-11(16)10(15)5-9/h2-6,19H,7,18H2,1H3. The molecule has 2 aromatic carbocycles. The highest BCUT2D eigenvalue weighted by Crippen LogP contribution is 2.23. The van der Waals surface area contributed by atoms with Crippen molar-refractivity contribution in [1.29, 1.82) is 0 Å². The number of nitrogens with one attached hydrogen (secondary N) is 1. The van der Waals surface area contributed by atoms with Gasteiger partial charge in [-0.1, -0.05) is 17.7 Å². The zero-order chi connectivity index (χ0) is 14.0. The maximum absolute atomic E-state index is 13.3. The van der Waals surface area contributed by atoms with Gasteiger partial charge in [0.15, 0.2) is 0 Å². The average molecular weight is 283 g/mol. The monoisotopic (exact) mass is 282 g/mol. The highest BCUT2D eigenvalue weighted by atomic mass is 35.5. The second kappa shape index (κ2) is 5.45. The molecule has 0 saturated heterocycles. The van der Waals surface area contributed by atoms with Gasteiger partial charge >= 0.3 is 0 Å². The van der Waals surface area contributed by atoms with Crippen molar-refractivity contribution in [3.8, 4) is 0 Å². The zero-order valence-electron chi connectivity index (χ0n) is 10.3. The minimum absolute atomic E-state index is 0.0718. The molecule has 0 amide bonds. The molecule has 2 nitrogen and oxygen atoms in total. The molecule has 5 heteroatoms. The van der Waals surface area contributed by atoms with E-state index in [-0.39, 0.29) is 10.8 Å². The third kappa shape index (κ3) is 3.15. The molecule has 2 rings (SSSR count). The van der Waals surface area contributed by atoms with Crippen molar-refractivity contribution in [1.82, 2.24) is 0 Å². The molecule has 0 radical (unpaired) electrons. The highest BCUT2D eigenvalue weighted by Gasteiger charge is 2.05. The van der Waals surface area contributed by atoms with Gasteiger partial charge in [0, 0.05) is 6.54 Å². The Balaban J connectivity index is 2.14. The van der Waals surface area contributed by atoms with Crippen molar-refractivity contribution >= 4 is 23.0 Å². The van der Waals surface area contributed by atoms with Gasteiger partial charge in [-0.15, -0.1) is 0 Å². The summed E-state index contributed by atoms with van der Waals surface area (Å²) in [5.74, 6) is -0.796. The van der Waals surface area contributed by atoms with Crippen LogP contribution in [-0.4, -0.2) is 0 Å². The van der Waals surface area contributed by atoms with E-state index >= 15 is 0 Å². The lowest BCUT2D eigenvalue weighted by atomic mass is 10.1. The summed E-state index contributed by atoms with van der Waals surface area (Å²) < 4.78 is 26.3. The van der Waals surface area contributed by atoms with Gasteiger partial charge in [0.1, 0.15) is 11.6 Å². The number of rotatable bonds is 3. The molecule has 0 spiro atoms. The van der Waals surface area contributed by atoms with E-state index in [0.717, 1.165) is 5.56 Å². The molecule has 100 valence electrons. The molecule has 0 saturated carbocycles. The van der Waals surface area contributed by atoms with Gasteiger partial charge < -0.3 is 11.1 Å². The molecule has 0 unspecified atom stereocenters. The minimum Gasteiger partial charge on any atom is -0.397 e. The largest absolute Gasteiger partial charge is 0.397 e. The van der Waals surface area contributed by atoms with Gasteiger partial charge in [0.25, 0.3) is 0 Å². The summed E-state index contributed by atoms with van der Waals surface area (Å²) in [5.41, 5.74) is 8.01. The smallest absolute Gasteiger partial charge is 0.141 e. The zero-order valence-corrected chi connectivity index (χ0v) is 11.1. The van der Waals surface area contributed by atoms with E-state index in [9.17, 15) is 8.78 Å². The maximum Gasteiger partial charge on any atom is 0.141 e. The Morgan fingerprint density at radius 2 is 1.89 bits per heavy atom. The normalized spacial score (nSPS) is 10.5. The maximum atomic E-state index is 13.3. The molecule has 0 fully saturated rings. The molecule has 19 heavy (non-hydrogen) atoms. The van der Waals surface area contributed by atoms with Gasteiger partial charge in [0.05, 0.1) is 16.4 Å². The van der Waals surface area contributed by atoms with Crippen molar-refractivity contribution in [3.63, 3.8) is 0 Å². The third-order valence-electron chi connectivity index (χ3n) is 2.80. The van der Waals surface area contributed by atoms with Crippen molar-refractivity contribution < 1.29 is 8.78 Å². The molecule has 3 N–H and O–H groups in total. The molecule has 0 bridgehead atoms. The van der Waals surface area contributed by atoms with Gasteiger partial charge in [-0.25, -0.2) is 8.78 Å². The fraction of sp³-hybridized carbons (Fsp3) is 0.143. The van der Waals surface area contributed by atoms with Crippen LogP contribution in [0.2, 0.25) is 5.02 Å². The van der Waals surface area contributed by atoms with Crippen LogP contribution in [-0.2, 0) is 6.54 Å².